The fourth-order valence-corrected chi connectivity index (χ4v) is 1.91. The molecule has 20 heavy (non-hydrogen) atoms. The molecule has 1 fully saturated rings. The maximum atomic E-state index is 11.2. The average molecular weight is 278 g/mol. The lowest BCUT2D eigenvalue weighted by molar-refractivity contribution is 0.00578. The summed E-state index contributed by atoms with van der Waals surface area (Å²) in [6.45, 7) is 7.87. The summed E-state index contributed by atoms with van der Waals surface area (Å²) in [5.74, 6) is -0.327. The average Bonchev–Trinajstić information content (AvgIpc) is 2.57. The van der Waals surface area contributed by atoms with E-state index < -0.39 is 24.2 Å². The van der Waals surface area contributed by atoms with Crippen LogP contribution < -0.4 is 15.9 Å². The number of amides is 1. The molecule has 0 spiro atoms. The number of ether oxygens (including phenoxy) is 1. The number of nitrogens with zero attached hydrogens (tertiary/aromatic N) is 1. The topological polar surface area (TPSA) is 83.7 Å². The number of aromatic nitrogens is 1. The standard InChI is InChI=1S/C13H19BN2O4/c1-12(2)13(3,4)20-14(19-12)8-6-9(18-5)10(11(15)17)16-7-8/h6-7H,1-5H3,(H2,15,17). The number of nitrogens with two attached hydrogens (primary N) is 1. The van der Waals surface area contributed by atoms with E-state index in [1.165, 1.54) is 13.3 Å². The van der Waals surface area contributed by atoms with Gasteiger partial charge in [-0.2, -0.15) is 0 Å². The van der Waals surface area contributed by atoms with Gasteiger partial charge in [0.15, 0.2) is 5.69 Å². The molecule has 108 valence electrons. The first kappa shape index (κ1) is 14.8. The monoisotopic (exact) mass is 278 g/mol. The highest BCUT2D eigenvalue weighted by atomic mass is 16.7. The molecule has 1 aliphatic heterocycles. The molecule has 2 rings (SSSR count). The third kappa shape index (κ3) is 2.38. The summed E-state index contributed by atoms with van der Waals surface area (Å²) in [4.78, 5) is 15.3. The van der Waals surface area contributed by atoms with Crippen molar-refractivity contribution in [3.05, 3.63) is 18.0 Å². The Balaban J connectivity index is 2.34. The minimum Gasteiger partial charge on any atom is -0.494 e. The van der Waals surface area contributed by atoms with Crippen molar-refractivity contribution < 1.29 is 18.8 Å². The van der Waals surface area contributed by atoms with Gasteiger partial charge in [0, 0.05) is 11.7 Å². The van der Waals surface area contributed by atoms with Gasteiger partial charge in [0.2, 0.25) is 0 Å². The maximum absolute atomic E-state index is 11.2. The van der Waals surface area contributed by atoms with Crippen molar-refractivity contribution in [2.75, 3.05) is 7.11 Å². The van der Waals surface area contributed by atoms with E-state index in [2.05, 4.69) is 4.98 Å². The molecule has 0 aromatic carbocycles. The number of carbonyl (C=O) groups excluding carboxylic acids is 1. The second kappa shape index (κ2) is 4.75. The second-order valence-electron chi connectivity index (χ2n) is 5.77. The lowest BCUT2D eigenvalue weighted by Gasteiger charge is -2.32. The van der Waals surface area contributed by atoms with Crippen LogP contribution in [0.2, 0.25) is 0 Å². The number of rotatable bonds is 3. The molecular weight excluding hydrogens is 259 g/mol. The van der Waals surface area contributed by atoms with E-state index in [-0.39, 0.29) is 5.69 Å². The smallest absolute Gasteiger partial charge is 0.494 e. The van der Waals surface area contributed by atoms with Crippen LogP contribution >= 0.6 is 0 Å². The van der Waals surface area contributed by atoms with E-state index in [4.69, 9.17) is 19.8 Å². The van der Waals surface area contributed by atoms with Crippen LogP contribution in [0, 0.1) is 0 Å². The van der Waals surface area contributed by atoms with E-state index >= 15 is 0 Å². The highest BCUT2D eigenvalue weighted by Crippen LogP contribution is 2.36. The Hall–Kier alpha value is -1.60. The van der Waals surface area contributed by atoms with E-state index in [0.29, 0.717) is 11.2 Å². The summed E-state index contributed by atoms with van der Waals surface area (Å²) in [6.07, 6.45) is 1.52. The molecule has 1 saturated heterocycles. The number of hydrogen-bond acceptors (Lipinski definition) is 5. The Kier molecular flexibility index (Phi) is 3.52. The van der Waals surface area contributed by atoms with E-state index in [1.807, 2.05) is 27.7 Å². The maximum Gasteiger partial charge on any atom is 0.496 e. The van der Waals surface area contributed by atoms with Crippen LogP contribution in [0.1, 0.15) is 38.2 Å². The van der Waals surface area contributed by atoms with E-state index in [0.717, 1.165) is 0 Å². The van der Waals surface area contributed by atoms with E-state index in [9.17, 15) is 4.79 Å². The fraction of sp³-hybridized carbons (Fsp3) is 0.538. The highest BCUT2D eigenvalue weighted by molar-refractivity contribution is 6.62. The number of hydrogen-bond donors (Lipinski definition) is 1. The van der Waals surface area contributed by atoms with Gasteiger partial charge in [-0.15, -0.1) is 0 Å². The molecule has 0 unspecified atom stereocenters. The van der Waals surface area contributed by atoms with E-state index in [1.54, 1.807) is 6.07 Å². The normalized spacial score (nSPS) is 19.9. The first-order valence-corrected chi connectivity index (χ1v) is 6.37. The van der Waals surface area contributed by atoms with Crippen molar-refractivity contribution in [2.24, 2.45) is 5.73 Å². The van der Waals surface area contributed by atoms with Crippen LogP contribution in [-0.4, -0.2) is 36.3 Å². The fourth-order valence-electron chi connectivity index (χ4n) is 1.91. The molecule has 6 nitrogen and oxygen atoms in total. The minimum absolute atomic E-state index is 0.0905. The molecule has 2 heterocycles. The van der Waals surface area contributed by atoms with Crippen LogP contribution in [-0.2, 0) is 9.31 Å². The highest BCUT2D eigenvalue weighted by Gasteiger charge is 2.52. The summed E-state index contributed by atoms with van der Waals surface area (Å²) in [6, 6.07) is 1.66. The first-order chi connectivity index (χ1) is 9.18. The SMILES string of the molecule is COc1cc(B2OC(C)(C)C(C)(C)O2)cnc1C(N)=O. The summed E-state index contributed by atoms with van der Waals surface area (Å²) in [5.41, 5.74) is 5.14. The summed E-state index contributed by atoms with van der Waals surface area (Å²) in [5, 5.41) is 0. The van der Waals surface area contributed by atoms with Gasteiger partial charge in [0.05, 0.1) is 18.3 Å². The Morgan fingerprint density at radius 2 is 1.85 bits per heavy atom. The zero-order chi connectivity index (χ0) is 15.1. The van der Waals surface area contributed by atoms with Crippen LogP contribution in [0.15, 0.2) is 12.3 Å². The molecular formula is C13H19BN2O4. The van der Waals surface area contributed by atoms with Crippen molar-refractivity contribution in [1.29, 1.82) is 0 Å². The molecule has 1 aromatic rings. The van der Waals surface area contributed by atoms with Gasteiger partial charge >= 0.3 is 7.12 Å². The summed E-state index contributed by atoms with van der Waals surface area (Å²) < 4.78 is 17.0. The molecule has 1 aromatic heterocycles. The third-order valence-corrected chi connectivity index (χ3v) is 3.85. The quantitative estimate of drug-likeness (QED) is 0.813. The lowest BCUT2D eigenvalue weighted by atomic mass is 9.80. The molecule has 1 aliphatic rings. The van der Waals surface area contributed by atoms with Crippen LogP contribution in [0.3, 0.4) is 0 Å². The van der Waals surface area contributed by atoms with Gasteiger partial charge < -0.3 is 19.8 Å². The Morgan fingerprint density at radius 1 is 1.30 bits per heavy atom. The van der Waals surface area contributed by atoms with Gasteiger partial charge in [-0.25, -0.2) is 4.98 Å². The molecule has 0 atom stereocenters. The largest absolute Gasteiger partial charge is 0.496 e. The van der Waals surface area contributed by atoms with Crippen molar-refractivity contribution in [3.8, 4) is 5.75 Å². The molecule has 7 heteroatoms. The summed E-state index contributed by atoms with van der Waals surface area (Å²) >= 11 is 0. The van der Waals surface area contributed by atoms with Crippen molar-refractivity contribution >= 4 is 18.5 Å². The number of carbonyl (C=O) groups is 1. The van der Waals surface area contributed by atoms with Crippen LogP contribution in [0.4, 0.5) is 0 Å². The molecule has 0 radical (unpaired) electrons. The molecule has 0 aliphatic carbocycles. The predicted octanol–water partition coefficient (Wildman–Crippen LogP) is 0.488. The first-order valence-electron chi connectivity index (χ1n) is 6.37. The Bertz CT molecular complexity index is 529. The van der Waals surface area contributed by atoms with Gasteiger partial charge in [-0.1, -0.05) is 0 Å². The zero-order valence-electron chi connectivity index (χ0n) is 12.4. The van der Waals surface area contributed by atoms with Gasteiger partial charge in [-0.05, 0) is 33.8 Å². The Morgan fingerprint density at radius 3 is 2.30 bits per heavy atom. The molecule has 1 amide bonds. The Labute approximate surface area is 118 Å². The molecule has 0 bridgehead atoms. The van der Waals surface area contributed by atoms with Gasteiger partial charge in [0.1, 0.15) is 5.75 Å². The number of pyridine rings is 1. The molecule has 2 N–H and O–H groups in total. The van der Waals surface area contributed by atoms with Crippen molar-refractivity contribution in [1.82, 2.24) is 4.98 Å². The zero-order valence-corrected chi connectivity index (χ0v) is 12.4. The van der Waals surface area contributed by atoms with Crippen molar-refractivity contribution in [3.63, 3.8) is 0 Å². The minimum atomic E-state index is -0.637. The van der Waals surface area contributed by atoms with Crippen LogP contribution in [0.25, 0.3) is 0 Å². The summed E-state index contributed by atoms with van der Waals surface area (Å²) in [7, 11) is 0.903. The molecule has 0 saturated carbocycles. The predicted molar refractivity (Wildman–Crippen MR) is 75.0 cm³/mol. The van der Waals surface area contributed by atoms with Crippen LogP contribution in [0.5, 0.6) is 5.75 Å². The second-order valence-corrected chi connectivity index (χ2v) is 5.77. The van der Waals surface area contributed by atoms with Gasteiger partial charge in [-0.3, -0.25) is 4.79 Å². The third-order valence-electron chi connectivity index (χ3n) is 3.85. The number of primary amides is 1. The number of methoxy groups -OCH3 is 1. The lowest BCUT2D eigenvalue weighted by Crippen LogP contribution is -2.41. The van der Waals surface area contributed by atoms with Gasteiger partial charge in [0.25, 0.3) is 5.91 Å². The van der Waals surface area contributed by atoms with Crippen molar-refractivity contribution in [2.45, 2.75) is 38.9 Å².